The zero-order valence-corrected chi connectivity index (χ0v) is 11.4. The summed E-state index contributed by atoms with van der Waals surface area (Å²) in [6, 6.07) is 4.03. The first-order valence-electron chi connectivity index (χ1n) is 5.70. The molecule has 1 unspecified atom stereocenters. The van der Waals surface area contributed by atoms with Crippen LogP contribution in [0.25, 0.3) is 0 Å². The number of carbonyl (C=O) groups is 1. The largest absolute Gasteiger partial charge is 0.388 e. The van der Waals surface area contributed by atoms with E-state index in [-0.39, 0.29) is 23.0 Å². The van der Waals surface area contributed by atoms with E-state index in [4.69, 9.17) is 11.6 Å². The molecule has 1 aromatic carbocycles. The summed E-state index contributed by atoms with van der Waals surface area (Å²) in [5, 5.41) is 12.3. The quantitative estimate of drug-likeness (QED) is 0.886. The molecule has 18 heavy (non-hydrogen) atoms. The van der Waals surface area contributed by atoms with Gasteiger partial charge in [0.1, 0.15) is 5.82 Å². The SMILES string of the molecule is CC(C)C(C)(O)CNC(=O)c1cccc(F)c1Cl. The maximum atomic E-state index is 13.2. The number of hydrogen-bond acceptors (Lipinski definition) is 2. The molecule has 2 N–H and O–H groups in total. The molecule has 0 heterocycles. The summed E-state index contributed by atoms with van der Waals surface area (Å²) >= 11 is 5.70. The van der Waals surface area contributed by atoms with Crippen LogP contribution in [0.2, 0.25) is 5.02 Å². The normalized spacial score (nSPS) is 14.4. The number of amides is 1. The number of benzene rings is 1. The van der Waals surface area contributed by atoms with Crippen molar-refractivity contribution in [2.45, 2.75) is 26.4 Å². The van der Waals surface area contributed by atoms with Crippen molar-refractivity contribution < 1.29 is 14.3 Å². The molecule has 1 amide bonds. The van der Waals surface area contributed by atoms with Gasteiger partial charge in [-0.15, -0.1) is 0 Å². The third-order valence-corrected chi connectivity index (χ3v) is 3.43. The molecule has 0 aromatic heterocycles. The van der Waals surface area contributed by atoms with Crippen molar-refractivity contribution in [1.29, 1.82) is 0 Å². The van der Waals surface area contributed by atoms with E-state index in [1.165, 1.54) is 18.2 Å². The van der Waals surface area contributed by atoms with Crippen LogP contribution in [-0.4, -0.2) is 23.2 Å². The number of rotatable bonds is 4. The van der Waals surface area contributed by atoms with Crippen LogP contribution >= 0.6 is 11.6 Å². The van der Waals surface area contributed by atoms with Crippen molar-refractivity contribution >= 4 is 17.5 Å². The highest BCUT2D eigenvalue weighted by Gasteiger charge is 2.26. The van der Waals surface area contributed by atoms with Gasteiger partial charge in [-0.25, -0.2) is 4.39 Å². The Kier molecular flexibility index (Phi) is 4.71. The standard InChI is InChI=1S/C13H17ClFNO2/c1-8(2)13(3,18)7-16-12(17)9-5-4-6-10(15)11(9)14/h4-6,8,18H,7H2,1-3H3,(H,16,17). The Morgan fingerprint density at radius 1 is 1.56 bits per heavy atom. The first-order chi connectivity index (χ1) is 8.25. The van der Waals surface area contributed by atoms with E-state index in [2.05, 4.69) is 5.32 Å². The minimum atomic E-state index is -1.02. The van der Waals surface area contributed by atoms with E-state index >= 15 is 0 Å². The molecule has 0 aliphatic rings. The lowest BCUT2D eigenvalue weighted by molar-refractivity contribution is 0.0142. The van der Waals surface area contributed by atoms with E-state index in [0.717, 1.165) is 0 Å². The highest BCUT2D eigenvalue weighted by atomic mass is 35.5. The van der Waals surface area contributed by atoms with Crippen molar-refractivity contribution in [2.24, 2.45) is 5.92 Å². The van der Waals surface area contributed by atoms with Gasteiger partial charge in [-0.1, -0.05) is 31.5 Å². The summed E-state index contributed by atoms with van der Waals surface area (Å²) in [5.74, 6) is -1.15. The molecule has 1 rings (SSSR count). The second-order valence-electron chi connectivity index (χ2n) is 4.80. The summed E-state index contributed by atoms with van der Waals surface area (Å²) in [6.07, 6.45) is 0. The fourth-order valence-electron chi connectivity index (χ4n) is 1.24. The minimum absolute atomic E-state index is 0.0132. The van der Waals surface area contributed by atoms with Gasteiger partial charge in [-0.2, -0.15) is 0 Å². The van der Waals surface area contributed by atoms with Gasteiger partial charge in [0, 0.05) is 6.54 Å². The van der Waals surface area contributed by atoms with Gasteiger partial charge in [0.25, 0.3) is 5.91 Å². The summed E-state index contributed by atoms with van der Waals surface area (Å²) in [7, 11) is 0. The first kappa shape index (κ1) is 14.9. The Labute approximate surface area is 111 Å². The smallest absolute Gasteiger partial charge is 0.253 e. The van der Waals surface area contributed by atoms with Crippen LogP contribution in [-0.2, 0) is 0 Å². The molecule has 0 aliphatic carbocycles. The van der Waals surface area contributed by atoms with Crippen molar-refractivity contribution in [2.75, 3.05) is 6.54 Å². The predicted octanol–water partition coefficient (Wildman–Crippen LogP) is 2.62. The lowest BCUT2D eigenvalue weighted by atomic mass is 9.92. The van der Waals surface area contributed by atoms with Crippen molar-refractivity contribution in [3.8, 4) is 0 Å². The molecular weight excluding hydrogens is 257 g/mol. The van der Waals surface area contributed by atoms with Crippen LogP contribution in [0.4, 0.5) is 4.39 Å². The number of aliphatic hydroxyl groups is 1. The monoisotopic (exact) mass is 273 g/mol. The summed E-state index contributed by atoms with van der Waals surface area (Å²) in [6.45, 7) is 5.41. The van der Waals surface area contributed by atoms with E-state index in [9.17, 15) is 14.3 Å². The lowest BCUT2D eigenvalue weighted by Crippen LogP contribution is -2.44. The average Bonchev–Trinajstić information content (AvgIpc) is 2.29. The third-order valence-electron chi connectivity index (χ3n) is 3.05. The number of hydrogen-bond donors (Lipinski definition) is 2. The van der Waals surface area contributed by atoms with E-state index in [0.29, 0.717) is 0 Å². The first-order valence-corrected chi connectivity index (χ1v) is 6.08. The minimum Gasteiger partial charge on any atom is -0.388 e. The third kappa shape index (κ3) is 3.43. The van der Waals surface area contributed by atoms with Crippen LogP contribution in [0.3, 0.4) is 0 Å². The molecule has 0 spiro atoms. The maximum Gasteiger partial charge on any atom is 0.253 e. The molecular formula is C13H17ClFNO2. The number of halogens is 2. The van der Waals surface area contributed by atoms with Crippen LogP contribution in [0.15, 0.2) is 18.2 Å². The van der Waals surface area contributed by atoms with Crippen LogP contribution < -0.4 is 5.32 Å². The Morgan fingerprint density at radius 3 is 2.72 bits per heavy atom. The molecule has 1 aromatic rings. The molecule has 100 valence electrons. The molecule has 1 atom stereocenters. The maximum absolute atomic E-state index is 13.2. The summed E-state index contributed by atoms with van der Waals surface area (Å²) < 4.78 is 13.2. The van der Waals surface area contributed by atoms with Crippen molar-refractivity contribution in [1.82, 2.24) is 5.32 Å². The van der Waals surface area contributed by atoms with Gasteiger partial charge in [0.2, 0.25) is 0 Å². The molecule has 5 heteroatoms. The second kappa shape index (κ2) is 5.67. The molecule has 0 saturated heterocycles. The summed E-state index contributed by atoms with van der Waals surface area (Å²) in [4.78, 5) is 11.8. The topological polar surface area (TPSA) is 49.3 Å². The fraction of sp³-hybridized carbons (Fsp3) is 0.462. The summed E-state index contributed by atoms with van der Waals surface area (Å²) in [5.41, 5.74) is -0.952. The lowest BCUT2D eigenvalue weighted by Gasteiger charge is -2.27. The van der Waals surface area contributed by atoms with Gasteiger partial charge >= 0.3 is 0 Å². The number of nitrogens with one attached hydrogen (secondary N) is 1. The molecule has 3 nitrogen and oxygen atoms in total. The van der Waals surface area contributed by atoms with Gasteiger partial charge < -0.3 is 10.4 Å². The molecule has 0 radical (unpaired) electrons. The van der Waals surface area contributed by atoms with Crippen LogP contribution in [0.5, 0.6) is 0 Å². The van der Waals surface area contributed by atoms with Gasteiger partial charge in [0.05, 0.1) is 16.2 Å². The predicted molar refractivity (Wildman–Crippen MR) is 69.2 cm³/mol. The Balaban J connectivity index is 2.75. The molecule has 0 aliphatic heterocycles. The zero-order chi connectivity index (χ0) is 13.9. The Hall–Kier alpha value is -1.13. The van der Waals surface area contributed by atoms with E-state index < -0.39 is 17.3 Å². The van der Waals surface area contributed by atoms with Crippen LogP contribution in [0.1, 0.15) is 31.1 Å². The van der Waals surface area contributed by atoms with Gasteiger partial charge in [0.15, 0.2) is 0 Å². The number of carbonyl (C=O) groups excluding carboxylic acids is 1. The van der Waals surface area contributed by atoms with Crippen molar-refractivity contribution in [3.05, 3.63) is 34.6 Å². The Bertz CT molecular complexity index is 447. The second-order valence-corrected chi connectivity index (χ2v) is 5.17. The van der Waals surface area contributed by atoms with E-state index in [1.807, 2.05) is 13.8 Å². The molecule has 0 fully saturated rings. The zero-order valence-electron chi connectivity index (χ0n) is 10.6. The van der Waals surface area contributed by atoms with Crippen molar-refractivity contribution in [3.63, 3.8) is 0 Å². The average molecular weight is 274 g/mol. The highest BCUT2D eigenvalue weighted by Crippen LogP contribution is 2.20. The van der Waals surface area contributed by atoms with Gasteiger partial charge in [-0.05, 0) is 25.0 Å². The molecule has 0 bridgehead atoms. The fourth-order valence-corrected chi connectivity index (χ4v) is 1.45. The highest BCUT2D eigenvalue weighted by molar-refractivity contribution is 6.34. The molecule has 0 saturated carbocycles. The Morgan fingerprint density at radius 2 is 2.17 bits per heavy atom. The van der Waals surface area contributed by atoms with Crippen LogP contribution in [0, 0.1) is 11.7 Å². The van der Waals surface area contributed by atoms with E-state index in [1.54, 1.807) is 6.92 Å². The van der Waals surface area contributed by atoms with Gasteiger partial charge in [-0.3, -0.25) is 4.79 Å².